The van der Waals surface area contributed by atoms with Crippen molar-refractivity contribution < 1.29 is 17.9 Å². The minimum atomic E-state index is -3.67. The maximum atomic E-state index is 12.7. The van der Waals surface area contributed by atoms with Crippen molar-refractivity contribution in [1.29, 1.82) is 0 Å². The Morgan fingerprint density at radius 3 is 2.42 bits per heavy atom. The summed E-state index contributed by atoms with van der Waals surface area (Å²) in [5, 5.41) is 2.81. The van der Waals surface area contributed by atoms with Crippen LogP contribution in [0.3, 0.4) is 0 Å². The van der Waals surface area contributed by atoms with E-state index in [4.69, 9.17) is 10.5 Å². The summed E-state index contributed by atoms with van der Waals surface area (Å²) in [7, 11) is -3.67. The van der Waals surface area contributed by atoms with Gasteiger partial charge in [-0.1, -0.05) is 6.07 Å². The molecule has 0 unspecified atom stereocenters. The Hall–Kier alpha value is -1.19. The zero-order valence-corrected chi connectivity index (χ0v) is 17.0. The molecule has 1 fully saturated rings. The van der Waals surface area contributed by atoms with Gasteiger partial charge < -0.3 is 15.8 Å². The van der Waals surface area contributed by atoms with Crippen LogP contribution < -0.4 is 15.8 Å². The van der Waals surface area contributed by atoms with Crippen LogP contribution in [0.1, 0.15) is 33.6 Å². The lowest BCUT2D eigenvalue weighted by atomic mass is 9.79. The second-order valence-electron chi connectivity index (χ2n) is 7.43. The summed E-state index contributed by atoms with van der Waals surface area (Å²) >= 11 is 0. The molecule has 0 bridgehead atoms. The standard InChI is InChI=1S/C17H27N3O4S.ClH/c1-16(2,3)20-25(22,23)14-6-4-5-13(11-14)19-15(21)17(12-18)7-9-24-10-8-17;/h4-6,11,20H,7-10,12,18H2,1-3H3,(H,19,21);1H. The normalized spacial score (nSPS) is 17.2. The van der Waals surface area contributed by atoms with Crippen LogP contribution in [-0.4, -0.2) is 39.6 Å². The van der Waals surface area contributed by atoms with Gasteiger partial charge in [0.2, 0.25) is 15.9 Å². The number of carbonyl (C=O) groups excluding carboxylic acids is 1. The molecule has 1 heterocycles. The van der Waals surface area contributed by atoms with Crippen LogP contribution in [0.4, 0.5) is 5.69 Å². The highest BCUT2D eigenvalue weighted by Crippen LogP contribution is 2.31. The summed E-state index contributed by atoms with van der Waals surface area (Å²) < 4.78 is 32.8. The molecule has 0 atom stereocenters. The van der Waals surface area contributed by atoms with Gasteiger partial charge in [-0.25, -0.2) is 13.1 Å². The molecule has 9 heteroatoms. The fourth-order valence-corrected chi connectivity index (χ4v) is 4.22. The number of rotatable bonds is 5. The quantitative estimate of drug-likeness (QED) is 0.692. The molecule has 0 spiro atoms. The minimum Gasteiger partial charge on any atom is -0.381 e. The highest BCUT2D eigenvalue weighted by Gasteiger charge is 2.38. The molecule has 1 amide bonds. The van der Waals surface area contributed by atoms with Crippen LogP contribution in [-0.2, 0) is 19.6 Å². The second-order valence-corrected chi connectivity index (χ2v) is 9.12. The SMILES string of the molecule is CC(C)(C)NS(=O)(=O)c1cccc(NC(=O)C2(CN)CCOCC2)c1.Cl. The number of nitrogens with one attached hydrogen (secondary N) is 2. The van der Waals surface area contributed by atoms with Gasteiger partial charge in [-0.05, 0) is 51.8 Å². The van der Waals surface area contributed by atoms with E-state index in [1.165, 1.54) is 12.1 Å². The summed E-state index contributed by atoms with van der Waals surface area (Å²) in [6, 6.07) is 6.22. The number of ether oxygens (including phenoxy) is 1. The van der Waals surface area contributed by atoms with Crippen molar-refractivity contribution >= 4 is 34.0 Å². The zero-order valence-electron chi connectivity index (χ0n) is 15.4. The number of amides is 1. The number of hydrogen-bond acceptors (Lipinski definition) is 5. The van der Waals surface area contributed by atoms with Crippen molar-refractivity contribution in [1.82, 2.24) is 4.72 Å². The van der Waals surface area contributed by atoms with Crippen molar-refractivity contribution in [3.63, 3.8) is 0 Å². The van der Waals surface area contributed by atoms with Crippen LogP contribution in [0.15, 0.2) is 29.2 Å². The maximum absolute atomic E-state index is 12.7. The predicted molar refractivity (Wildman–Crippen MR) is 104 cm³/mol. The first-order chi connectivity index (χ1) is 11.6. The Morgan fingerprint density at radius 2 is 1.88 bits per heavy atom. The molecule has 1 aliphatic rings. The summed E-state index contributed by atoms with van der Waals surface area (Å²) in [6.07, 6.45) is 1.11. The van der Waals surface area contributed by atoms with Crippen molar-refractivity contribution in [2.45, 2.75) is 44.0 Å². The predicted octanol–water partition coefficient (Wildman–Crippen LogP) is 1.88. The average Bonchev–Trinajstić information content (AvgIpc) is 2.53. The molecule has 4 N–H and O–H groups in total. The van der Waals surface area contributed by atoms with E-state index in [9.17, 15) is 13.2 Å². The summed E-state index contributed by atoms with van der Waals surface area (Å²) in [6.45, 7) is 6.53. The third kappa shape index (κ3) is 5.65. The summed E-state index contributed by atoms with van der Waals surface area (Å²) in [5.41, 5.74) is 5.01. The van der Waals surface area contributed by atoms with Crippen molar-refractivity contribution in [3.05, 3.63) is 24.3 Å². The Kier molecular flexibility index (Phi) is 7.62. The van der Waals surface area contributed by atoms with Crippen molar-refractivity contribution in [3.8, 4) is 0 Å². The number of hydrogen-bond donors (Lipinski definition) is 3. The number of benzene rings is 1. The third-order valence-electron chi connectivity index (χ3n) is 4.17. The lowest BCUT2D eigenvalue weighted by molar-refractivity contribution is -0.130. The van der Waals surface area contributed by atoms with Crippen LogP contribution >= 0.6 is 12.4 Å². The Balaban J connectivity index is 0.00000338. The van der Waals surface area contributed by atoms with Crippen LogP contribution in [0.25, 0.3) is 0 Å². The Morgan fingerprint density at radius 1 is 1.27 bits per heavy atom. The number of halogens is 1. The van der Waals surface area contributed by atoms with Gasteiger partial charge in [0, 0.05) is 31.0 Å². The van der Waals surface area contributed by atoms with Gasteiger partial charge in [0.1, 0.15) is 0 Å². The Labute approximate surface area is 161 Å². The molecular formula is C17H28ClN3O4S. The van der Waals surface area contributed by atoms with Gasteiger partial charge >= 0.3 is 0 Å². The Bertz CT molecular complexity index is 726. The molecule has 148 valence electrons. The molecule has 1 aromatic carbocycles. The first kappa shape index (κ1) is 22.9. The highest BCUT2D eigenvalue weighted by atomic mass is 35.5. The summed E-state index contributed by atoms with van der Waals surface area (Å²) in [4.78, 5) is 12.8. The smallest absolute Gasteiger partial charge is 0.241 e. The fraction of sp³-hybridized carbons (Fsp3) is 0.588. The van der Waals surface area contributed by atoms with Crippen LogP contribution in [0.2, 0.25) is 0 Å². The van der Waals surface area contributed by atoms with Gasteiger partial charge in [-0.2, -0.15) is 0 Å². The van der Waals surface area contributed by atoms with E-state index < -0.39 is 21.0 Å². The van der Waals surface area contributed by atoms with Gasteiger partial charge in [-0.3, -0.25) is 4.79 Å². The van der Waals surface area contributed by atoms with Gasteiger partial charge in [0.25, 0.3) is 0 Å². The van der Waals surface area contributed by atoms with E-state index in [0.717, 1.165) is 0 Å². The van der Waals surface area contributed by atoms with E-state index in [1.807, 2.05) is 0 Å². The van der Waals surface area contributed by atoms with E-state index in [1.54, 1.807) is 32.9 Å². The minimum absolute atomic E-state index is 0. The van der Waals surface area contributed by atoms with Gasteiger partial charge in [0.05, 0.1) is 10.3 Å². The van der Waals surface area contributed by atoms with Crippen molar-refractivity contribution in [2.75, 3.05) is 25.1 Å². The second kappa shape index (κ2) is 8.67. The lowest BCUT2D eigenvalue weighted by Gasteiger charge is -2.34. The number of sulfonamides is 1. The van der Waals surface area contributed by atoms with E-state index in [2.05, 4.69) is 10.0 Å². The molecular weight excluding hydrogens is 378 g/mol. The molecule has 0 aromatic heterocycles. The highest BCUT2D eigenvalue weighted by molar-refractivity contribution is 7.89. The number of nitrogens with two attached hydrogens (primary N) is 1. The molecule has 2 rings (SSSR count). The molecule has 7 nitrogen and oxygen atoms in total. The summed E-state index contributed by atoms with van der Waals surface area (Å²) in [5.74, 6) is -0.198. The molecule has 1 aliphatic heterocycles. The number of anilines is 1. The lowest BCUT2D eigenvalue weighted by Crippen LogP contribution is -2.46. The first-order valence-corrected chi connectivity index (χ1v) is 9.80. The molecule has 0 aliphatic carbocycles. The van der Waals surface area contributed by atoms with Crippen molar-refractivity contribution in [2.24, 2.45) is 11.1 Å². The van der Waals surface area contributed by atoms with E-state index >= 15 is 0 Å². The molecule has 1 saturated heterocycles. The molecule has 1 aromatic rings. The van der Waals surface area contributed by atoms with Gasteiger partial charge in [0.15, 0.2) is 0 Å². The zero-order chi connectivity index (χ0) is 18.7. The number of carbonyl (C=O) groups is 1. The van der Waals surface area contributed by atoms with E-state index in [0.29, 0.717) is 31.7 Å². The topological polar surface area (TPSA) is 111 Å². The van der Waals surface area contributed by atoms with Gasteiger partial charge in [-0.15, -0.1) is 12.4 Å². The third-order valence-corrected chi connectivity index (χ3v) is 5.92. The largest absolute Gasteiger partial charge is 0.381 e. The molecule has 0 radical (unpaired) electrons. The molecule has 26 heavy (non-hydrogen) atoms. The van der Waals surface area contributed by atoms with E-state index in [-0.39, 0.29) is 29.8 Å². The maximum Gasteiger partial charge on any atom is 0.241 e. The van der Waals surface area contributed by atoms with Crippen LogP contribution in [0, 0.1) is 5.41 Å². The average molecular weight is 406 g/mol. The first-order valence-electron chi connectivity index (χ1n) is 8.31. The van der Waals surface area contributed by atoms with Crippen LogP contribution in [0.5, 0.6) is 0 Å². The monoisotopic (exact) mass is 405 g/mol. The molecule has 0 saturated carbocycles. The fourth-order valence-electron chi connectivity index (χ4n) is 2.75.